The van der Waals surface area contributed by atoms with E-state index in [2.05, 4.69) is 10.3 Å². The average Bonchev–Trinajstić information content (AvgIpc) is 2.82. The van der Waals surface area contributed by atoms with Gasteiger partial charge in [-0.1, -0.05) is 41.4 Å². The number of pyridine rings is 1. The SMILES string of the molecule is CN(C)c1c(C(=O)NC2CCOc3ccccc32)cnc2c(-c3cc(Cl)cc(Cl)c3)c(F)ccc12. The number of fused-ring (bicyclic) bond motifs is 2. The number of benzene rings is 3. The van der Waals surface area contributed by atoms with Gasteiger partial charge in [-0.3, -0.25) is 9.78 Å². The number of ether oxygens (including phenoxy) is 1. The fourth-order valence-corrected chi connectivity index (χ4v) is 5.10. The molecule has 1 aromatic heterocycles. The van der Waals surface area contributed by atoms with E-state index in [-0.39, 0.29) is 17.5 Å². The molecular weight excluding hydrogens is 488 g/mol. The highest BCUT2D eigenvalue weighted by Crippen LogP contribution is 2.38. The van der Waals surface area contributed by atoms with Crippen LogP contribution in [0.15, 0.2) is 60.8 Å². The van der Waals surface area contributed by atoms with Crippen LogP contribution in [0.3, 0.4) is 0 Å². The monoisotopic (exact) mass is 509 g/mol. The first-order chi connectivity index (χ1) is 16.8. The zero-order valence-electron chi connectivity index (χ0n) is 19.1. The number of aromatic nitrogens is 1. The molecule has 8 heteroatoms. The van der Waals surface area contributed by atoms with Crippen LogP contribution in [0, 0.1) is 5.82 Å². The molecule has 0 spiro atoms. The van der Waals surface area contributed by atoms with Crippen LogP contribution in [-0.2, 0) is 0 Å². The van der Waals surface area contributed by atoms with Gasteiger partial charge >= 0.3 is 0 Å². The van der Waals surface area contributed by atoms with Crippen LogP contribution >= 0.6 is 23.2 Å². The molecule has 35 heavy (non-hydrogen) atoms. The summed E-state index contributed by atoms with van der Waals surface area (Å²) in [6.45, 7) is 0.517. The molecule has 178 valence electrons. The molecule has 0 radical (unpaired) electrons. The first-order valence-corrected chi connectivity index (χ1v) is 11.9. The Bertz CT molecular complexity index is 1440. The maximum Gasteiger partial charge on any atom is 0.255 e. The number of nitrogens with one attached hydrogen (secondary N) is 1. The predicted octanol–water partition coefficient (Wildman–Crippen LogP) is 6.67. The molecule has 0 fully saturated rings. The number of amides is 1. The number of carbonyl (C=O) groups is 1. The molecule has 1 atom stereocenters. The molecule has 1 unspecified atom stereocenters. The second-order valence-electron chi connectivity index (χ2n) is 8.59. The molecule has 3 aromatic carbocycles. The van der Waals surface area contributed by atoms with Crippen LogP contribution in [-0.4, -0.2) is 31.6 Å². The third kappa shape index (κ3) is 4.40. The van der Waals surface area contributed by atoms with E-state index in [9.17, 15) is 4.79 Å². The molecule has 1 aliphatic rings. The lowest BCUT2D eigenvalue weighted by molar-refractivity contribution is 0.0925. The van der Waals surface area contributed by atoms with Crippen molar-refractivity contribution in [1.82, 2.24) is 10.3 Å². The quantitative estimate of drug-likeness (QED) is 0.333. The van der Waals surface area contributed by atoms with Crippen LogP contribution in [0.25, 0.3) is 22.0 Å². The van der Waals surface area contributed by atoms with Gasteiger partial charge in [-0.05, 0) is 42.0 Å². The summed E-state index contributed by atoms with van der Waals surface area (Å²) in [6, 6.07) is 15.4. The maximum absolute atomic E-state index is 15.1. The van der Waals surface area contributed by atoms with Gasteiger partial charge in [-0.15, -0.1) is 0 Å². The van der Waals surface area contributed by atoms with Gasteiger partial charge in [0.15, 0.2) is 0 Å². The van der Waals surface area contributed by atoms with Gasteiger partial charge in [0.2, 0.25) is 0 Å². The fourth-order valence-electron chi connectivity index (χ4n) is 4.58. The Kier molecular flexibility index (Phi) is 6.26. The van der Waals surface area contributed by atoms with Gasteiger partial charge in [0, 0.05) is 53.3 Å². The first-order valence-electron chi connectivity index (χ1n) is 11.1. The van der Waals surface area contributed by atoms with E-state index in [0.29, 0.717) is 50.8 Å². The van der Waals surface area contributed by atoms with Gasteiger partial charge in [0.25, 0.3) is 5.91 Å². The molecule has 1 N–H and O–H groups in total. The Labute approximate surface area is 212 Å². The molecule has 2 heterocycles. The van der Waals surface area contributed by atoms with Crippen molar-refractivity contribution in [1.29, 1.82) is 0 Å². The number of nitrogens with zero attached hydrogens (tertiary/aromatic N) is 2. The van der Waals surface area contributed by atoms with Crippen LogP contribution < -0.4 is 15.0 Å². The number of hydrogen-bond donors (Lipinski definition) is 1. The van der Waals surface area contributed by atoms with Gasteiger partial charge in [0.05, 0.1) is 29.4 Å². The smallest absolute Gasteiger partial charge is 0.255 e. The summed E-state index contributed by atoms with van der Waals surface area (Å²) < 4.78 is 20.8. The van der Waals surface area contributed by atoms with Gasteiger partial charge in [0.1, 0.15) is 11.6 Å². The van der Waals surface area contributed by atoms with Gasteiger partial charge < -0.3 is 15.0 Å². The largest absolute Gasteiger partial charge is 0.493 e. The number of halogens is 3. The van der Waals surface area contributed by atoms with Crippen LogP contribution in [0.1, 0.15) is 28.4 Å². The summed E-state index contributed by atoms with van der Waals surface area (Å²) in [5.41, 5.74) is 3.18. The lowest BCUT2D eigenvalue weighted by atomic mass is 9.97. The summed E-state index contributed by atoms with van der Waals surface area (Å²) in [6.07, 6.45) is 2.15. The Balaban J connectivity index is 1.61. The molecule has 0 saturated heterocycles. The van der Waals surface area contributed by atoms with E-state index in [4.69, 9.17) is 27.9 Å². The molecule has 1 aliphatic heterocycles. The Morgan fingerprint density at radius 3 is 2.60 bits per heavy atom. The molecule has 5 nitrogen and oxygen atoms in total. The molecular formula is C27H22Cl2FN3O2. The highest BCUT2D eigenvalue weighted by molar-refractivity contribution is 6.35. The van der Waals surface area contributed by atoms with E-state index >= 15 is 4.39 Å². The topological polar surface area (TPSA) is 54.5 Å². The fraction of sp³-hybridized carbons (Fsp3) is 0.185. The van der Waals surface area contributed by atoms with E-state index in [1.165, 1.54) is 12.3 Å². The van der Waals surface area contributed by atoms with Crippen LogP contribution in [0.4, 0.5) is 10.1 Å². The van der Waals surface area contributed by atoms with Crippen molar-refractivity contribution in [2.45, 2.75) is 12.5 Å². The summed E-state index contributed by atoms with van der Waals surface area (Å²) >= 11 is 12.4. The Morgan fingerprint density at radius 1 is 1.11 bits per heavy atom. The third-order valence-corrected chi connectivity index (χ3v) is 6.50. The van der Waals surface area contributed by atoms with Crippen LogP contribution in [0.5, 0.6) is 5.75 Å². The minimum Gasteiger partial charge on any atom is -0.493 e. The summed E-state index contributed by atoms with van der Waals surface area (Å²) in [7, 11) is 3.68. The van der Waals surface area contributed by atoms with Crippen molar-refractivity contribution in [2.75, 3.05) is 25.6 Å². The predicted molar refractivity (Wildman–Crippen MR) is 138 cm³/mol. The lowest BCUT2D eigenvalue weighted by Gasteiger charge is -2.27. The van der Waals surface area contributed by atoms with Crippen molar-refractivity contribution in [3.8, 4) is 16.9 Å². The van der Waals surface area contributed by atoms with Gasteiger partial charge in [-0.25, -0.2) is 4.39 Å². The second kappa shape index (κ2) is 9.36. The van der Waals surface area contributed by atoms with E-state index in [1.54, 1.807) is 24.3 Å². The minimum absolute atomic E-state index is 0.185. The summed E-state index contributed by atoms with van der Waals surface area (Å²) in [4.78, 5) is 19.9. The van der Waals surface area contributed by atoms with E-state index in [1.807, 2.05) is 43.3 Å². The molecule has 0 aliphatic carbocycles. The normalized spacial score (nSPS) is 14.8. The lowest BCUT2D eigenvalue weighted by Crippen LogP contribution is -2.33. The van der Waals surface area contributed by atoms with Crippen molar-refractivity contribution < 1.29 is 13.9 Å². The Hall–Kier alpha value is -3.35. The molecule has 5 rings (SSSR count). The maximum atomic E-state index is 15.1. The van der Waals surface area contributed by atoms with Crippen molar-refractivity contribution >= 4 is 45.7 Å². The third-order valence-electron chi connectivity index (χ3n) is 6.07. The highest BCUT2D eigenvalue weighted by Gasteiger charge is 2.26. The first kappa shape index (κ1) is 23.4. The average molecular weight is 510 g/mol. The van der Waals surface area contributed by atoms with Crippen molar-refractivity contribution in [3.63, 3.8) is 0 Å². The highest BCUT2D eigenvalue weighted by atomic mass is 35.5. The molecule has 4 aromatic rings. The van der Waals surface area contributed by atoms with Crippen molar-refractivity contribution in [3.05, 3.63) is 87.8 Å². The summed E-state index contributed by atoms with van der Waals surface area (Å²) in [5.74, 6) is 0.0550. The molecule has 0 bridgehead atoms. The molecule has 1 amide bonds. The summed E-state index contributed by atoms with van der Waals surface area (Å²) in [5, 5.41) is 4.56. The number of anilines is 1. The van der Waals surface area contributed by atoms with Crippen molar-refractivity contribution in [2.24, 2.45) is 0 Å². The minimum atomic E-state index is -0.455. The van der Waals surface area contributed by atoms with E-state index < -0.39 is 5.82 Å². The Morgan fingerprint density at radius 2 is 1.86 bits per heavy atom. The number of hydrogen-bond acceptors (Lipinski definition) is 4. The number of rotatable bonds is 4. The van der Waals surface area contributed by atoms with Crippen LogP contribution in [0.2, 0.25) is 10.0 Å². The zero-order valence-corrected chi connectivity index (χ0v) is 20.6. The number of para-hydroxylation sites is 1. The standard InChI is InChI=1S/C27H22Cl2FN3O2/c1-33(2)26-19-7-8-21(30)24(15-11-16(28)13-17(29)12-15)25(19)31-14-20(26)27(34)32-22-9-10-35-23-6-4-3-5-18(22)23/h3-8,11-14,22H,9-10H2,1-2H3,(H,32,34). The second-order valence-corrected chi connectivity index (χ2v) is 9.47. The zero-order chi connectivity index (χ0) is 24.7. The van der Waals surface area contributed by atoms with Gasteiger partial charge in [-0.2, -0.15) is 0 Å². The molecule has 0 saturated carbocycles. The number of carbonyl (C=O) groups excluding carboxylic acids is 1. The van der Waals surface area contributed by atoms with E-state index in [0.717, 1.165) is 11.3 Å².